The molecule has 0 amide bonds. The minimum Gasteiger partial charge on any atom is -0.488 e. The van der Waals surface area contributed by atoms with E-state index in [1.807, 2.05) is 0 Å². The fourth-order valence-electron chi connectivity index (χ4n) is 4.45. The van der Waals surface area contributed by atoms with Crippen LogP contribution >= 0.6 is 0 Å². The van der Waals surface area contributed by atoms with Crippen LogP contribution in [0.1, 0.15) is 35.1 Å². The molecule has 0 radical (unpaired) electrons. The van der Waals surface area contributed by atoms with E-state index in [1.165, 1.54) is 22.3 Å². The fraction of sp³-hybridized carbons (Fsp3) is 0.579. The summed E-state index contributed by atoms with van der Waals surface area (Å²) in [6.45, 7) is 6.52. The SMILES string of the molecule is COC1C=C[C@@]23CCN(C)Cc4cc(C)c(C)c(c42)OC3C1. The number of hydrogen-bond acceptors (Lipinski definition) is 3. The maximum absolute atomic E-state index is 6.51. The Bertz CT molecular complexity index is 651. The number of rotatable bonds is 1. The van der Waals surface area contributed by atoms with Gasteiger partial charge in [-0.2, -0.15) is 0 Å². The van der Waals surface area contributed by atoms with Crippen molar-refractivity contribution < 1.29 is 9.47 Å². The van der Waals surface area contributed by atoms with Crippen molar-refractivity contribution in [1.29, 1.82) is 0 Å². The van der Waals surface area contributed by atoms with Gasteiger partial charge >= 0.3 is 0 Å². The molecule has 0 fully saturated rings. The predicted octanol–water partition coefficient (Wildman–Crippen LogP) is 3.11. The van der Waals surface area contributed by atoms with Crippen LogP contribution in [0.4, 0.5) is 0 Å². The molecule has 0 aromatic heterocycles. The van der Waals surface area contributed by atoms with Crippen molar-refractivity contribution >= 4 is 0 Å². The lowest BCUT2D eigenvalue weighted by atomic mass is 9.68. The lowest BCUT2D eigenvalue weighted by molar-refractivity contribution is 0.0557. The highest BCUT2D eigenvalue weighted by atomic mass is 16.5. The first kappa shape index (κ1) is 14.3. The molecule has 3 heteroatoms. The number of methoxy groups -OCH3 is 1. The zero-order chi connectivity index (χ0) is 15.5. The molecule has 118 valence electrons. The topological polar surface area (TPSA) is 21.7 Å². The van der Waals surface area contributed by atoms with Gasteiger partial charge in [-0.3, -0.25) is 0 Å². The summed E-state index contributed by atoms with van der Waals surface area (Å²) in [5.41, 5.74) is 5.59. The van der Waals surface area contributed by atoms with Gasteiger partial charge in [-0.15, -0.1) is 0 Å². The third-order valence-electron chi connectivity index (χ3n) is 5.88. The first-order valence-electron chi connectivity index (χ1n) is 8.26. The van der Waals surface area contributed by atoms with Gasteiger partial charge in [0.15, 0.2) is 0 Å². The number of benzene rings is 1. The summed E-state index contributed by atoms with van der Waals surface area (Å²) in [7, 11) is 4.01. The van der Waals surface area contributed by atoms with Crippen LogP contribution in [-0.2, 0) is 16.7 Å². The van der Waals surface area contributed by atoms with E-state index < -0.39 is 0 Å². The Balaban J connectivity index is 1.94. The smallest absolute Gasteiger partial charge is 0.127 e. The molecule has 0 N–H and O–H groups in total. The molecule has 22 heavy (non-hydrogen) atoms. The Morgan fingerprint density at radius 3 is 2.95 bits per heavy atom. The second-order valence-corrected chi connectivity index (χ2v) is 7.19. The molecule has 1 aromatic carbocycles. The monoisotopic (exact) mass is 299 g/mol. The number of nitrogens with zero attached hydrogens (tertiary/aromatic N) is 1. The van der Waals surface area contributed by atoms with E-state index in [-0.39, 0.29) is 17.6 Å². The van der Waals surface area contributed by atoms with Gasteiger partial charge in [0.2, 0.25) is 0 Å². The molecule has 0 saturated heterocycles. The normalized spacial score (nSPS) is 33.1. The molecule has 3 aliphatic rings. The summed E-state index contributed by atoms with van der Waals surface area (Å²) in [6, 6.07) is 2.37. The van der Waals surface area contributed by atoms with Crippen LogP contribution in [-0.4, -0.2) is 37.8 Å². The largest absolute Gasteiger partial charge is 0.488 e. The summed E-state index contributed by atoms with van der Waals surface area (Å²) in [4.78, 5) is 2.44. The van der Waals surface area contributed by atoms with Gasteiger partial charge in [-0.05, 0) is 50.6 Å². The van der Waals surface area contributed by atoms with Crippen molar-refractivity contribution in [2.75, 3.05) is 20.7 Å². The predicted molar refractivity (Wildman–Crippen MR) is 87.5 cm³/mol. The van der Waals surface area contributed by atoms with E-state index in [2.05, 4.69) is 44.0 Å². The molecule has 2 heterocycles. The van der Waals surface area contributed by atoms with E-state index in [9.17, 15) is 0 Å². The third-order valence-corrected chi connectivity index (χ3v) is 5.88. The number of hydrogen-bond donors (Lipinski definition) is 0. The van der Waals surface area contributed by atoms with Crippen molar-refractivity contribution in [1.82, 2.24) is 4.90 Å². The zero-order valence-corrected chi connectivity index (χ0v) is 14.0. The van der Waals surface area contributed by atoms with Gasteiger partial charge in [-0.1, -0.05) is 18.2 Å². The summed E-state index contributed by atoms with van der Waals surface area (Å²) in [6.07, 6.45) is 7.10. The second-order valence-electron chi connectivity index (χ2n) is 7.19. The second kappa shape index (κ2) is 4.84. The molecule has 1 spiro atoms. The molecule has 0 bridgehead atoms. The first-order valence-corrected chi connectivity index (χ1v) is 8.26. The van der Waals surface area contributed by atoms with Crippen molar-refractivity contribution in [2.45, 2.75) is 50.9 Å². The van der Waals surface area contributed by atoms with Crippen LogP contribution < -0.4 is 4.74 Å². The molecule has 0 saturated carbocycles. The maximum Gasteiger partial charge on any atom is 0.127 e. The van der Waals surface area contributed by atoms with E-state index in [4.69, 9.17) is 9.47 Å². The van der Waals surface area contributed by atoms with Crippen LogP contribution in [0.3, 0.4) is 0 Å². The van der Waals surface area contributed by atoms with Gasteiger partial charge < -0.3 is 14.4 Å². The molecular weight excluding hydrogens is 274 g/mol. The fourth-order valence-corrected chi connectivity index (χ4v) is 4.45. The van der Waals surface area contributed by atoms with Gasteiger partial charge in [0.05, 0.1) is 11.5 Å². The summed E-state index contributed by atoms with van der Waals surface area (Å²) < 4.78 is 12.1. The Kier molecular flexibility index (Phi) is 3.14. The summed E-state index contributed by atoms with van der Waals surface area (Å²) in [5.74, 6) is 1.15. The number of aryl methyl sites for hydroxylation is 1. The molecular formula is C19H25NO2. The van der Waals surface area contributed by atoms with Crippen molar-refractivity contribution in [3.63, 3.8) is 0 Å². The quantitative estimate of drug-likeness (QED) is 0.744. The minimum atomic E-state index is 0.0446. The highest BCUT2D eigenvalue weighted by molar-refractivity contribution is 5.60. The van der Waals surface area contributed by atoms with Gasteiger partial charge in [0, 0.05) is 25.6 Å². The van der Waals surface area contributed by atoms with E-state index in [0.29, 0.717) is 0 Å². The van der Waals surface area contributed by atoms with E-state index >= 15 is 0 Å². The van der Waals surface area contributed by atoms with Crippen molar-refractivity contribution in [3.8, 4) is 5.75 Å². The molecule has 3 atom stereocenters. The molecule has 4 rings (SSSR count). The minimum absolute atomic E-state index is 0.0446. The molecule has 3 nitrogen and oxygen atoms in total. The molecule has 2 aliphatic heterocycles. The van der Waals surface area contributed by atoms with Gasteiger partial charge in [0.1, 0.15) is 11.9 Å². The molecule has 1 aromatic rings. The van der Waals surface area contributed by atoms with E-state index in [0.717, 1.165) is 31.7 Å². The van der Waals surface area contributed by atoms with Crippen LogP contribution in [0.5, 0.6) is 5.75 Å². The van der Waals surface area contributed by atoms with Crippen molar-refractivity contribution in [3.05, 3.63) is 40.5 Å². The van der Waals surface area contributed by atoms with Crippen molar-refractivity contribution in [2.24, 2.45) is 0 Å². The van der Waals surface area contributed by atoms with Crippen LogP contribution in [0, 0.1) is 13.8 Å². The zero-order valence-electron chi connectivity index (χ0n) is 14.0. The standard InChI is InChI=1S/C19H25NO2/c1-12-9-14-11-20(3)8-7-19-6-5-15(21-4)10-16(19)22-18(13(12)2)17(14)19/h5-6,9,15-16H,7-8,10-11H2,1-4H3/t15?,16?,19-/m0/s1. The molecule has 2 unspecified atom stereocenters. The summed E-state index contributed by atoms with van der Waals surface area (Å²) in [5, 5.41) is 0. The average molecular weight is 299 g/mol. The Morgan fingerprint density at radius 1 is 1.36 bits per heavy atom. The Hall–Kier alpha value is -1.32. The van der Waals surface area contributed by atoms with Gasteiger partial charge in [0.25, 0.3) is 0 Å². The average Bonchev–Trinajstić information content (AvgIpc) is 2.78. The lowest BCUT2D eigenvalue weighted by Crippen LogP contribution is -2.43. The Labute approximate surface area is 132 Å². The summed E-state index contributed by atoms with van der Waals surface area (Å²) >= 11 is 0. The maximum atomic E-state index is 6.51. The third kappa shape index (κ3) is 1.82. The van der Waals surface area contributed by atoms with E-state index in [1.54, 1.807) is 7.11 Å². The molecule has 1 aliphatic carbocycles. The van der Waals surface area contributed by atoms with Gasteiger partial charge in [-0.25, -0.2) is 0 Å². The van der Waals surface area contributed by atoms with Crippen LogP contribution in [0.25, 0.3) is 0 Å². The highest BCUT2D eigenvalue weighted by Gasteiger charge is 2.52. The van der Waals surface area contributed by atoms with Crippen LogP contribution in [0.2, 0.25) is 0 Å². The first-order chi connectivity index (χ1) is 10.5. The number of ether oxygens (including phenoxy) is 2. The highest BCUT2D eigenvalue weighted by Crippen LogP contribution is 2.54. The van der Waals surface area contributed by atoms with Crippen LogP contribution in [0.15, 0.2) is 18.2 Å². The lowest BCUT2D eigenvalue weighted by Gasteiger charge is -2.36. The Morgan fingerprint density at radius 2 is 2.18 bits per heavy atom.